The molecule has 1 heterocycles. The van der Waals surface area contributed by atoms with E-state index in [2.05, 4.69) is 15.4 Å². The van der Waals surface area contributed by atoms with E-state index in [1.807, 2.05) is 6.92 Å². The van der Waals surface area contributed by atoms with E-state index in [-0.39, 0.29) is 17.7 Å². The first-order valence-corrected chi connectivity index (χ1v) is 9.27. The van der Waals surface area contributed by atoms with Crippen molar-refractivity contribution in [2.45, 2.75) is 32.2 Å². The molecule has 0 aliphatic carbocycles. The van der Waals surface area contributed by atoms with Gasteiger partial charge in [0.25, 0.3) is 5.91 Å². The number of carbonyl (C=O) groups excluding carboxylic acids is 1. The second-order valence-corrected chi connectivity index (χ2v) is 7.36. The van der Waals surface area contributed by atoms with Crippen LogP contribution in [0, 0.1) is 0 Å². The molecule has 0 unspecified atom stereocenters. The normalized spacial score (nSPS) is 18.7. The van der Waals surface area contributed by atoms with E-state index in [1.165, 1.54) is 0 Å². The zero-order valence-electron chi connectivity index (χ0n) is 12.8. The number of anilines is 1. The van der Waals surface area contributed by atoms with Crippen LogP contribution in [0.2, 0.25) is 0 Å². The van der Waals surface area contributed by atoms with Crippen LogP contribution in [0.4, 0.5) is 5.69 Å². The Morgan fingerprint density at radius 1 is 1.32 bits per heavy atom. The van der Waals surface area contributed by atoms with E-state index >= 15 is 0 Å². The number of rotatable bonds is 6. The summed E-state index contributed by atoms with van der Waals surface area (Å²) in [6.45, 7) is 3.60. The van der Waals surface area contributed by atoms with Crippen molar-refractivity contribution in [2.75, 3.05) is 23.6 Å². The van der Waals surface area contributed by atoms with Crippen molar-refractivity contribution in [1.82, 2.24) is 10.6 Å². The van der Waals surface area contributed by atoms with Gasteiger partial charge in [0.2, 0.25) is 10.0 Å². The van der Waals surface area contributed by atoms with E-state index in [4.69, 9.17) is 0 Å². The van der Waals surface area contributed by atoms with Crippen molar-refractivity contribution in [1.29, 1.82) is 0 Å². The van der Waals surface area contributed by atoms with Gasteiger partial charge in [0.1, 0.15) is 0 Å². The third-order valence-corrected chi connectivity index (χ3v) is 5.02. The van der Waals surface area contributed by atoms with Crippen LogP contribution in [0.1, 0.15) is 36.5 Å². The van der Waals surface area contributed by atoms with Crippen LogP contribution in [-0.2, 0) is 10.0 Å². The SMILES string of the molecule is CCCS(=O)(=O)Nc1ccc(C(=O)N[C@H]2CCCNC2)cc1. The number of piperidine rings is 1. The van der Waals surface area contributed by atoms with Crippen LogP contribution in [0.15, 0.2) is 24.3 Å². The van der Waals surface area contributed by atoms with Gasteiger partial charge in [-0.25, -0.2) is 8.42 Å². The monoisotopic (exact) mass is 325 g/mol. The molecule has 1 atom stereocenters. The molecular weight excluding hydrogens is 302 g/mol. The lowest BCUT2D eigenvalue weighted by molar-refractivity contribution is 0.0930. The highest BCUT2D eigenvalue weighted by Gasteiger charge is 2.16. The lowest BCUT2D eigenvalue weighted by Gasteiger charge is -2.23. The van der Waals surface area contributed by atoms with Gasteiger partial charge in [-0.05, 0) is 50.1 Å². The summed E-state index contributed by atoms with van der Waals surface area (Å²) in [4.78, 5) is 12.1. The van der Waals surface area contributed by atoms with E-state index in [9.17, 15) is 13.2 Å². The summed E-state index contributed by atoms with van der Waals surface area (Å²) in [5, 5.41) is 6.23. The number of hydrogen-bond donors (Lipinski definition) is 3. The molecule has 1 aromatic carbocycles. The largest absolute Gasteiger partial charge is 0.348 e. The number of nitrogens with one attached hydrogen (secondary N) is 3. The Bertz CT molecular complexity index is 593. The maximum Gasteiger partial charge on any atom is 0.251 e. The standard InChI is InChI=1S/C15H23N3O3S/c1-2-10-22(20,21)18-13-7-5-12(6-8-13)15(19)17-14-4-3-9-16-11-14/h5-8,14,16,18H,2-4,9-11H2,1H3,(H,17,19)/t14-/m0/s1. The van der Waals surface area contributed by atoms with Gasteiger partial charge in [-0.15, -0.1) is 0 Å². The molecule has 1 amide bonds. The Balaban J connectivity index is 1.94. The van der Waals surface area contributed by atoms with Gasteiger partial charge >= 0.3 is 0 Å². The van der Waals surface area contributed by atoms with Crippen LogP contribution in [-0.4, -0.2) is 39.2 Å². The Morgan fingerprint density at radius 2 is 2.05 bits per heavy atom. The van der Waals surface area contributed by atoms with Crippen LogP contribution < -0.4 is 15.4 Å². The quantitative estimate of drug-likeness (QED) is 0.736. The van der Waals surface area contributed by atoms with Crippen molar-refractivity contribution in [3.8, 4) is 0 Å². The predicted octanol–water partition coefficient (Wildman–Crippen LogP) is 1.32. The first-order chi connectivity index (χ1) is 10.5. The molecule has 0 spiro atoms. The minimum Gasteiger partial charge on any atom is -0.348 e. The summed E-state index contributed by atoms with van der Waals surface area (Å²) in [5.74, 6) is -0.0409. The smallest absolute Gasteiger partial charge is 0.251 e. The first kappa shape index (κ1) is 16.8. The van der Waals surface area contributed by atoms with Crippen LogP contribution >= 0.6 is 0 Å². The highest BCUT2D eigenvalue weighted by Crippen LogP contribution is 2.12. The third kappa shape index (κ3) is 4.99. The molecule has 1 aliphatic rings. The van der Waals surface area contributed by atoms with Crippen LogP contribution in [0.25, 0.3) is 0 Å². The molecule has 0 aromatic heterocycles. The average Bonchev–Trinajstić information content (AvgIpc) is 2.48. The van der Waals surface area contributed by atoms with Gasteiger partial charge in [-0.2, -0.15) is 0 Å². The molecule has 1 fully saturated rings. The number of amides is 1. The lowest BCUT2D eigenvalue weighted by Crippen LogP contribution is -2.45. The molecule has 6 nitrogen and oxygen atoms in total. The van der Waals surface area contributed by atoms with Crippen LogP contribution in [0.5, 0.6) is 0 Å². The van der Waals surface area contributed by atoms with Crippen molar-refractivity contribution >= 4 is 21.6 Å². The Labute approximate surface area is 131 Å². The predicted molar refractivity (Wildman–Crippen MR) is 87.5 cm³/mol. The molecule has 1 saturated heterocycles. The molecule has 22 heavy (non-hydrogen) atoms. The van der Waals surface area contributed by atoms with E-state index in [1.54, 1.807) is 24.3 Å². The minimum absolute atomic E-state index is 0.0872. The third-order valence-electron chi connectivity index (χ3n) is 3.53. The number of carbonyl (C=O) groups is 1. The fourth-order valence-electron chi connectivity index (χ4n) is 2.43. The molecule has 3 N–H and O–H groups in total. The van der Waals surface area contributed by atoms with Gasteiger partial charge in [0.15, 0.2) is 0 Å². The molecule has 0 bridgehead atoms. The number of benzene rings is 1. The number of hydrogen-bond acceptors (Lipinski definition) is 4. The molecule has 1 aliphatic heterocycles. The van der Waals surface area contributed by atoms with Gasteiger partial charge < -0.3 is 10.6 Å². The maximum absolute atomic E-state index is 12.1. The summed E-state index contributed by atoms with van der Waals surface area (Å²) >= 11 is 0. The molecule has 122 valence electrons. The number of sulfonamides is 1. The van der Waals surface area contributed by atoms with Gasteiger partial charge in [0, 0.05) is 23.8 Å². The molecule has 2 rings (SSSR count). The Kier molecular flexibility index (Phi) is 5.79. The van der Waals surface area contributed by atoms with Crippen molar-refractivity contribution in [2.24, 2.45) is 0 Å². The van der Waals surface area contributed by atoms with Gasteiger partial charge in [-0.1, -0.05) is 6.92 Å². The molecule has 0 radical (unpaired) electrons. The lowest BCUT2D eigenvalue weighted by atomic mass is 10.1. The fraction of sp³-hybridized carbons (Fsp3) is 0.533. The summed E-state index contributed by atoms with van der Waals surface area (Å²) in [5.41, 5.74) is 1.01. The second kappa shape index (κ2) is 7.60. The van der Waals surface area contributed by atoms with Crippen LogP contribution in [0.3, 0.4) is 0 Å². The van der Waals surface area contributed by atoms with Crippen molar-refractivity contribution in [3.63, 3.8) is 0 Å². The average molecular weight is 325 g/mol. The minimum atomic E-state index is -3.30. The van der Waals surface area contributed by atoms with Gasteiger partial charge in [0.05, 0.1) is 5.75 Å². The highest BCUT2D eigenvalue weighted by atomic mass is 32.2. The summed E-state index contributed by atoms with van der Waals surface area (Å²) in [6.07, 6.45) is 2.60. The molecule has 1 aromatic rings. The van der Waals surface area contributed by atoms with Gasteiger partial charge in [-0.3, -0.25) is 9.52 Å². The zero-order chi connectivity index (χ0) is 16.0. The molecular formula is C15H23N3O3S. The Hall–Kier alpha value is -1.60. The van der Waals surface area contributed by atoms with E-state index in [0.29, 0.717) is 17.7 Å². The summed E-state index contributed by atoms with van der Waals surface area (Å²) in [6, 6.07) is 6.65. The van der Waals surface area contributed by atoms with E-state index in [0.717, 1.165) is 25.9 Å². The summed E-state index contributed by atoms with van der Waals surface area (Å²) in [7, 11) is -3.30. The Morgan fingerprint density at radius 3 is 2.64 bits per heavy atom. The zero-order valence-corrected chi connectivity index (χ0v) is 13.6. The highest BCUT2D eigenvalue weighted by molar-refractivity contribution is 7.92. The molecule has 0 saturated carbocycles. The van der Waals surface area contributed by atoms with Crippen molar-refractivity contribution in [3.05, 3.63) is 29.8 Å². The maximum atomic E-state index is 12.1. The summed E-state index contributed by atoms with van der Waals surface area (Å²) < 4.78 is 25.9. The molecule has 7 heteroatoms. The van der Waals surface area contributed by atoms with Crippen molar-refractivity contribution < 1.29 is 13.2 Å². The van der Waals surface area contributed by atoms with E-state index < -0.39 is 10.0 Å². The second-order valence-electron chi connectivity index (χ2n) is 5.52. The topological polar surface area (TPSA) is 87.3 Å². The fourth-order valence-corrected chi connectivity index (χ4v) is 3.57. The first-order valence-electron chi connectivity index (χ1n) is 7.62.